The summed E-state index contributed by atoms with van der Waals surface area (Å²) in [5, 5.41) is 1.11. The van der Waals surface area contributed by atoms with Crippen molar-refractivity contribution in [2.24, 2.45) is 0 Å². The Morgan fingerprint density at radius 3 is 2.12 bits per heavy atom. The molecule has 1 nitrogen and oxygen atoms in total. The quantitative estimate of drug-likeness (QED) is 0.404. The Labute approximate surface area is 149 Å². The molecule has 0 radical (unpaired) electrons. The summed E-state index contributed by atoms with van der Waals surface area (Å²) in [5.74, 6) is 0. The number of aromatic nitrogens is 1. The van der Waals surface area contributed by atoms with Crippen LogP contribution in [0, 0.1) is 0 Å². The van der Waals surface area contributed by atoms with Crippen LogP contribution in [0.1, 0.15) is 11.1 Å². The van der Waals surface area contributed by atoms with Gasteiger partial charge in [-0.15, -0.1) is 0 Å². The lowest BCUT2D eigenvalue weighted by Gasteiger charge is -2.09. The fourth-order valence-corrected chi connectivity index (χ4v) is 3.13. The molecule has 3 aromatic carbocycles. The van der Waals surface area contributed by atoms with Crippen LogP contribution in [-0.4, -0.2) is 4.57 Å². The zero-order chi connectivity index (χ0) is 18.1. The molecule has 1 heterocycles. The van der Waals surface area contributed by atoms with Crippen molar-refractivity contribution in [3.63, 3.8) is 0 Å². The maximum Gasteiger partial charge on any atom is 0.416 e. The van der Waals surface area contributed by atoms with Crippen molar-refractivity contribution >= 4 is 10.9 Å². The third-order valence-corrected chi connectivity index (χ3v) is 4.52. The van der Waals surface area contributed by atoms with Gasteiger partial charge in [-0.1, -0.05) is 54.6 Å². The molecule has 0 N–H and O–H groups in total. The highest BCUT2D eigenvalue weighted by atomic mass is 19.4. The molecule has 0 atom stereocenters. The van der Waals surface area contributed by atoms with E-state index in [0.29, 0.717) is 0 Å². The summed E-state index contributed by atoms with van der Waals surface area (Å²) in [5.41, 5.74) is 3.30. The molecule has 130 valence electrons. The van der Waals surface area contributed by atoms with Crippen LogP contribution < -0.4 is 0 Å². The SMILES string of the molecule is FC(F)(F)c1ccc(-c2ccc3ccn(Cc4ccccc4)c3c2)cc1. The van der Waals surface area contributed by atoms with E-state index in [4.69, 9.17) is 0 Å². The van der Waals surface area contributed by atoms with E-state index in [1.807, 2.05) is 42.6 Å². The largest absolute Gasteiger partial charge is 0.416 e. The highest BCUT2D eigenvalue weighted by Crippen LogP contribution is 2.32. The second-order valence-electron chi connectivity index (χ2n) is 6.28. The van der Waals surface area contributed by atoms with E-state index in [0.717, 1.165) is 40.7 Å². The fourth-order valence-electron chi connectivity index (χ4n) is 3.13. The molecule has 0 saturated heterocycles. The second kappa shape index (κ2) is 6.37. The van der Waals surface area contributed by atoms with Gasteiger partial charge in [-0.25, -0.2) is 0 Å². The molecule has 0 fully saturated rings. The Morgan fingerprint density at radius 2 is 1.42 bits per heavy atom. The highest BCUT2D eigenvalue weighted by molar-refractivity contribution is 5.85. The second-order valence-corrected chi connectivity index (χ2v) is 6.28. The lowest BCUT2D eigenvalue weighted by molar-refractivity contribution is -0.137. The smallest absolute Gasteiger partial charge is 0.343 e. The van der Waals surface area contributed by atoms with Crippen LogP contribution >= 0.6 is 0 Å². The molecule has 0 amide bonds. The summed E-state index contributed by atoms with van der Waals surface area (Å²) in [7, 11) is 0. The first-order valence-corrected chi connectivity index (χ1v) is 8.31. The minimum atomic E-state index is -4.31. The molecule has 0 spiro atoms. The molecule has 26 heavy (non-hydrogen) atoms. The van der Waals surface area contributed by atoms with Crippen LogP contribution in [0.2, 0.25) is 0 Å². The van der Waals surface area contributed by atoms with Crippen molar-refractivity contribution < 1.29 is 13.2 Å². The van der Waals surface area contributed by atoms with Crippen molar-refractivity contribution in [1.82, 2.24) is 4.57 Å². The minimum Gasteiger partial charge on any atom is -0.343 e. The predicted molar refractivity (Wildman–Crippen MR) is 97.9 cm³/mol. The standard InChI is InChI=1S/C22H16F3N/c23-22(24,25)20-10-8-17(9-11-20)19-7-6-18-12-13-26(21(18)14-19)15-16-4-2-1-3-5-16/h1-14H,15H2. The topological polar surface area (TPSA) is 4.93 Å². The zero-order valence-corrected chi connectivity index (χ0v) is 13.9. The Kier molecular flexibility index (Phi) is 4.03. The average molecular weight is 351 g/mol. The number of nitrogens with zero attached hydrogens (tertiary/aromatic N) is 1. The Balaban J connectivity index is 1.70. The van der Waals surface area contributed by atoms with Crippen LogP contribution in [0.4, 0.5) is 13.2 Å². The van der Waals surface area contributed by atoms with Gasteiger partial charge in [0.15, 0.2) is 0 Å². The first-order chi connectivity index (χ1) is 12.5. The molecule has 0 unspecified atom stereocenters. The lowest BCUT2D eigenvalue weighted by atomic mass is 10.0. The van der Waals surface area contributed by atoms with E-state index in [1.165, 1.54) is 17.7 Å². The van der Waals surface area contributed by atoms with Gasteiger partial charge in [-0.2, -0.15) is 13.2 Å². The summed E-state index contributed by atoms with van der Waals surface area (Å²) in [6.07, 6.45) is -2.28. The number of alkyl halides is 3. The van der Waals surface area contributed by atoms with Crippen LogP contribution in [0.25, 0.3) is 22.0 Å². The molecule has 0 aliphatic carbocycles. The Morgan fingerprint density at radius 1 is 0.731 bits per heavy atom. The predicted octanol–water partition coefficient (Wildman–Crippen LogP) is 6.38. The molecule has 0 saturated carbocycles. The zero-order valence-electron chi connectivity index (χ0n) is 13.9. The third kappa shape index (κ3) is 3.23. The highest BCUT2D eigenvalue weighted by Gasteiger charge is 2.29. The van der Waals surface area contributed by atoms with Gasteiger partial charge in [0.2, 0.25) is 0 Å². The van der Waals surface area contributed by atoms with Crippen molar-refractivity contribution in [3.05, 3.63) is 96.2 Å². The third-order valence-electron chi connectivity index (χ3n) is 4.52. The van der Waals surface area contributed by atoms with Gasteiger partial charge >= 0.3 is 6.18 Å². The van der Waals surface area contributed by atoms with Crippen molar-refractivity contribution in [3.8, 4) is 11.1 Å². The van der Waals surface area contributed by atoms with E-state index in [2.05, 4.69) is 22.8 Å². The monoisotopic (exact) mass is 351 g/mol. The molecular weight excluding hydrogens is 335 g/mol. The number of rotatable bonds is 3. The van der Waals surface area contributed by atoms with Gasteiger partial charge in [-0.3, -0.25) is 0 Å². The van der Waals surface area contributed by atoms with Crippen LogP contribution in [0.3, 0.4) is 0 Å². The fraction of sp³-hybridized carbons (Fsp3) is 0.0909. The van der Waals surface area contributed by atoms with Gasteiger partial charge in [0, 0.05) is 18.3 Å². The first kappa shape index (κ1) is 16.5. The molecule has 4 aromatic rings. The minimum absolute atomic E-state index is 0.630. The van der Waals surface area contributed by atoms with Gasteiger partial charge in [0.25, 0.3) is 0 Å². The number of fused-ring (bicyclic) bond motifs is 1. The Hall–Kier alpha value is -3.01. The number of benzene rings is 3. The van der Waals surface area contributed by atoms with Crippen molar-refractivity contribution in [1.29, 1.82) is 0 Å². The van der Waals surface area contributed by atoms with E-state index in [-0.39, 0.29) is 0 Å². The molecule has 1 aromatic heterocycles. The lowest BCUT2D eigenvalue weighted by Crippen LogP contribution is -2.04. The summed E-state index contributed by atoms with van der Waals surface area (Å²) in [6, 6.07) is 23.5. The van der Waals surface area contributed by atoms with E-state index in [1.54, 1.807) is 0 Å². The normalized spacial score (nSPS) is 11.8. The molecule has 4 heteroatoms. The summed E-state index contributed by atoms with van der Waals surface area (Å²) in [4.78, 5) is 0. The van der Waals surface area contributed by atoms with Gasteiger partial charge in [-0.05, 0) is 46.3 Å². The average Bonchev–Trinajstić information content (AvgIpc) is 3.04. The molecule has 0 aliphatic heterocycles. The van der Waals surface area contributed by atoms with Gasteiger partial charge < -0.3 is 4.57 Å². The molecule has 0 aliphatic rings. The van der Waals surface area contributed by atoms with Crippen LogP contribution in [-0.2, 0) is 12.7 Å². The first-order valence-electron chi connectivity index (χ1n) is 8.31. The van der Waals surface area contributed by atoms with Gasteiger partial charge in [0.05, 0.1) is 5.56 Å². The summed E-state index contributed by atoms with van der Waals surface area (Å²) < 4.78 is 40.4. The number of halogens is 3. The number of hydrogen-bond donors (Lipinski definition) is 0. The van der Waals surface area contributed by atoms with E-state index < -0.39 is 11.7 Å². The van der Waals surface area contributed by atoms with Crippen LogP contribution in [0.15, 0.2) is 85.1 Å². The molecule has 4 rings (SSSR count). The summed E-state index contributed by atoms with van der Waals surface area (Å²) in [6.45, 7) is 0.751. The number of hydrogen-bond acceptors (Lipinski definition) is 0. The van der Waals surface area contributed by atoms with Crippen molar-refractivity contribution in [2.45, 2.75) is 12.7 Å². The maximum absolute atomic E-state index is 12.7. The Bertz CT molecular complexity index is 1030. The van der Waals surface area contributed by atoms with E-state index >= 15 is 0 Å². The molecule has 0 bridgehead atoms. The van der Waals surface area contributed by atoms with Crippen molar-refractivity contribution in [2.75, 3.05) is 0 Å². The maximum atomic E-state index is 12.7. The van der Waals surface area contributed by atoms with Gasteiger partial charge in [0.1, 0.15) is 0 Å². The molecular formula is C22H16F3N. The van der Waals surface area contributed by atoms with Crippen LogP contribution in [0.5, 0.6) is 0 Å². The summed E-state index contributed by atoms with van der Waals surface area (Å²) >= 11 is 0. The van der Waals surface area contributed by atoms with E-state index in [9.17, 15) is 13.2 Å².